The number of benzene rings is 1. The van der Waals surface area contributed by atoms with Crippen LogP contribution < -0.4 is 5.32 Å². The lowest BCUT2D eigenvalue weighted by Crippen LogP contribution is -2.30. The molecular formula is C17H19N3O3. The average molecular weight is 313 g/mol. The number of nitrogens with one attached hydrogen (secondary N) is 1. The Balaban J connectivity index is 1.45. The molecule has 1 aliphatic heterocycles. The van der Waals surface area contributed by atoms with Crippen LogP contribution in [0.5, 0.6) is 0 Å². The Morgan fingerprint density at radius 3 is 2.57 bits per heavy atom. The Hall–Kier alpha value is -2.76. The summed E-state index contributed by atoms with van der Waals surface area (Å²) < 4.78 is 6.84. The van der Waals surface area contributed by atoms with Crippen molar-refractivity contribution in [2.24, 2.45) is 0 Å². The molecule has 1 saturated heterocycles. The van der Waals surface area contributed by atoms with Gasteiger partial charge in [0.05, 0.1) is 6.54 Å². The van der Waals surface area contributed by atoms with Gasteiger partial charge in [0.2, 0.25) is 0 Å². The van der Waals surface area contributed by atoms with E-state index < -0.39 is 0 Å². The molecular weight excluding hydrogens is 294 g/mol. The van der Waals surface area contributed by atoms with Crippen molar-refractivity contribution in [2.75, 3.05) is 26.2 Å². The van der Waals surface area contributed by atoms with Crippen molar-refractivity contribution in [2.45, 2.75) is 6.42 Å². The van der Waals surface area contributed by atoms with Gasteiger partial charge in [-0.05, 0) is 42.8 Å². The number of rotatable bonds is 6. The van der Waals surface area contributed by atoms with Crippen LogP contribution in [-0.4, -0.2) is 47.7 Å². The minimum atomic E-state index is -0.267. The van der Waals surface area contributed by atoms with Gasteiger partial charge in [-0.1, -0.05) is 0 Å². The predicted octanol–water partition coefficient (Wildman–Crippen LogP) is 2.05. The molecule has 1 fully saturated rings. The maximum Gasteiger partial charge on any atom is 0.409 e. The first-order valence-corrected chi connectivity index (χ1v) is 7.67. The summed E-state index contributed by atoms with van der Waals surface area (Å²) in [5.74, 6) is -0.104. The van der Waals surface area contributed by atoms with E-state index in [0.29, 0.717) is 38.2 Å². The van der Waals surface area contributed by atoms with E-state index in [0.717, 1.165) is 5.69 Å². The van der Waals surface area contributed by atoms with Gasteiger partial charge in [0.1, 0.15) is 6.61 Å². The number of carbonyl (C=O) groups excluding carboxylic acids is 2. The van der Waals surface area contributed by atoms with Crippen LogP contribution in [-0.2, 0) is 4.74 Å². The SMILES string of the molecule is O=C(NCCCN1CCOC1=O)c1ccc(-n2cccc2)cc1. The summed E-state index contributed by atoms with van der Waals surface area (Å²) in [5, 5.41) is 2.87. The fraction of sp³-hybridized carbons (Fsp3) is 0.294. The maximum absolute atomic E-state index is 12.1. The van der Waals surface area contributed by atoms with Crippen LogP contribution in [0.15, 0.2) is 48.8 Å². The van der Waals surface area contributed by atoms with Crippen molar-refractivity contribution in [3.05, 3.63) is 54.4 Å². The molecule has 6 nitrogen and oxygen atoms in total. The molecule has 0 saturated carbocycles. The van der Waals surface area contributed by atoms with E-state index >= 15 is 0 Å². The van der Waals surface area contributed by atoms with Crippen LogP contribution in [0.25, 0.3) is 5.69 Å². The third-order valence-electron chi connectivity index (χ3n) is 3.77. The largest absolute Gasteiger partial charge is 0.448 e. The fourth-order valence-corrected chi connectivity index (χ4v) is 2.49. The summed E-state index contributed by atoms with van der Waals surface area (Å²) in [4.78, 5) is 25.0. The lowest BCUT2D eigenvalue weighted by molar-refractivity contribution is 0.0952. The third kappa shape index (κ3) is 3.71. The van der Waals surface area contributed by atoms with Crippen LogP contribution in [0, 0.1) is 0 Å². The lowest BCUT2D eigenvalue weighted by Gasteiger charge is -2.12. The smallest absolute Gasteiger partial charge is 0.409 e. The summed E-state index contributed by atoms with van der Waals surface area (Å²) in [6, 6.07) is 11.4. The van der Waals surface area contributed by atoms with E-state index in [4.69, 9.17) is 4.74 Å². The molecule has 2 aromatic rings. The lowest BCUT2D eigenvalue weighted by atomic mass is 10.2. The third-order valence-corrected chi connectivity index (χ3v) is 3.77. The predicted molar refractivity (Wildman–Crippen MR) is 85.6 cm³/mol. The van der Waals surface area contributed by atoms with Gasteiger partial charge in [-0.2, -0.15) is 0 Å². The van der Waals surface area contributed by atoms with Gasteiger partial charge in [0.25, 0.3) is 5.91 Å². The van der Waals surface area contributed by atoms with Gasteiger partial charge in [-0.15, -0.1) is 0 Å². The van der Waals surface area contributed by atoms with E-state index in [1.807, 2.05) is 53.4 Å². The molecule has 0 radical (unpaired) electrons. The number of hydrogen-bond acceptors (Lipinski definition) is 3. The van der Waals surface area contributed by atoms with Crippen LogP contribution in [0.4, 0.5) is 4.79 Å². The van der Waals surface area contributed by atoms with Crippen molar-refractivity contribution in [1.29, 1.82) is 0 Å². The molecule has 1 N–H and O–H groups in total. The van der Waals surface area contributed by atoms with Gasteiger partial charge >= 0.3 is 6.09 Å². The first kappa shape index (κ1) is 15.1. The maximum atomic E-state index is 12.1. The van der Waals surface area contributed by atoms with Crippen LogP contribution in [0.2, 0.25) is 0 Å². The van der Waals surface area contributed by atoms with Gasteiger partial charge in [-0.25, -0.2) is 4.79 Å². The minimum absolute atomic E-state index is 0.104. The zero-order valence-corrected chi connectivity index (χ0v) is 12.8. The molecule has 2 heterocycles. The molecule has 120 valence electrons. The van der Waals surface area contributed by atoms with Gasteiger partial charge < -0.3 is 19.5 Å². The van der Waals surface area contributed by atoms with Crippen LogP contribution >= 0.6 is 0 Å². The molecule has 0 aliphatic carbocycles. The van der Waals surface area contributed by atoms with Crippen molar-refractivity contribution < 1.29 is 14.3 Å². The number of ether oxygens (including phenoxy) is 1. The average Bonchev–Trinajstić information content (AvgIpc) is 3.23. The molecule has 0 unspecified atom stereocenters. The summed E-state index contributed by atoms with van der Waals surface area (Å²) in [5.41, 5.74) is 1.64. The Labute approximate surface area is 134 Å². The highest BCUT2D eigenvalue weighted by atomic mass is 16.6. The van der Waals surface area contributed by atoms with Gasteiger partial charge in [-0.3, -0.25) is 4.79 Å². The zero-order chi connectivity index (χ0) is 16.1. The monoisotopic (exact) mass is 313 g/mol. The molecule has 0 spiro atoms. The van der Waals surface area contributed by atoms with Crippen molar-refractivity contribution in [3.8, 4) is 5.69 Å². The van der Waals surface area contributed by atoms with Gasteiger partial charge in [0, 0.05) is 36.7 Å². The molecule has 1 aromatic carbocycles. The number of carbonyl (C=O) groups is 2. The topological polar surface area (TPSA) is 63.6 Å². The second kappa shape index (κ2) is 7.00. The van der Waals surface area contributed by atoms with Crippen molar-refractivity contribution in [3.63, 3.8) is 0 Å². The number of aromatic nitrogens is 1. The van der Waals surface area contributed by atoms with E-state index in [1.165, 1.54) is 0 Å². The van der Waals surface area contributed by atoms with E-state index in [-0.39, 0.29) is 12.0 Å². The standard InChI is InChI=1S/C17H19N3O3/c21-16(18-8-3-11-20-12-13-23-17(20)22)14-4-6-15(7-5-14)19-9-1-2-10-19/h1-2,4-7,9-10H,3,8,11-13H2,(H,18,21). The van der Waals surface area contributed by atoms with E-state index in [1.54, 1.807) is 4.90 Å². The molecule has 6 heteroatoms. The number of nitrogens with zero attached hydrogens (tertiary/aromatic N) is 2. The molecule has 2 amide bonds. The van der Waals surface area contributed by atoms with Gasteiger partial charge in [0.15, 0.2) is 0 Å². The second-order valence-electron chi connectivity index (χ2n) is 5.35. The van der Waals surface area contributed by atoms with Crippen LogP contribution in [0.3, 0.4) is 0 Å². The Bertz CT molecular complexity index is 665. The quantitative estimate of drug-likeness (QED) is 0.830. The molecule has 1 aliphatic rings. The summed E-state index contributed by atoms with van der Waals surface area (Å²) in [6.45, 7) is 2.22. The molecule has 1 aromatic heterocycles. The van der Waals surface area contributed by atoms with Crippen molar-refractivity contribution in [1.82, 2.24) is 14.8 Å². The molecule has 0 atom stereocenters. The summed E-state index contributed by atoms with van der Waals surface area (Å²) >= 11 is 0. The Kier molecular flexibility index (Phi) is 4.61. The van der Waals surface area contributed by atoms with Crippen molar-refractivity contribution >= 4 is 12.0 Å². The van der Waals surface area contributed by atoms with E-state index in [9.17, 15) is 9.59 Å². The Morgan fingerprint density at radius 1 is 1.17 bits per heavy atom. The highest BCUT2D eigenvalue weighted by molar-refractivity contribution is 5.94. The summed E-state index contributed by atoms with van der Waals surface area (Å²) in [7, 11) is 0. The van der Waals surface area contributed by atoms with E-state index in [2.05, 4.69) is 5.32 Å². The zero-order valence-electron chi connectivity index (χ0n) is 12.8. The fourth-order valence-electron chi connectivity index (χ4n) is 2.49. The highest BCUT2D eigenvalue weighted by Gasteiger charge is 2.20. The first-order valence-electron chi connectivity index (χ1n) is 7.67. The molecule has 23 heavy (non-hydrogen) atoms. The molecule has 0 bridgehead atoms. The molecule has 3 rings (SSSR count). The second-order valence-corrected chi connectivity index (χ2v) is 5.35. The first-order chi connectivity index (χ1) is 11.2. The number of amides is 2. The van der Waals surface area contributed by atoms with Crippen LogP contribution in [0.1, 0.15) is 16.8 Å². The number of hydrogen-bond donors (Lipinski definition) is 1. The highest BCUT2D eigenvalue weighted by Crippen LogP contribution is 2.10. The minimum Gasteiger partial charge on any atom is -0.448 e. The number of cyclic esters (lactones) is 1. The summed E-state index contributed by atoms with van der Waals surface area (Å²) in [6.07, 6.45) is 4.36. The normalized spacial score (nSPS) is 13.9. The Morgan fingerprint density at radius 2 is 1.91 bits per heavy atom.